The van der Waals surface area contributed by atoms with Crippen LogP contribution in [0.15, 0.2) is 12.4 Å². The highest BCUT2D eigenvalue weighted by Gasteiger charge is 2.46. The number of nitrogens with zero attached hydrogens (tertiary/aromatic N) is 3. The third-order valence-corrected chi connectivity index (χ3v) is 3.03. The van der Waals surface area contributed by atoms with Gasteiger partial charge in [0.2, 0.25) is 6.23 Å². The SMILES string of the molecule is O=[N+]([O-])c1nccn1C1O[C@H](CO)[C@@H](O)[C@H]1Cl. The van der Waals surface area contributed by atoms with Gasteiger partial charge in [0.15, 0.2) is 0 Å². The molecule has 1 aromatic heterocycles. The molecule has 0 aromatic carbocycles. The zero-order chi connectivity index (χ0) is 12.6. The summed E-state index contributed by atoms with van der Waals surface area (Å²) in [6.07, 6.45) is -0.293. The van der Waals surface area contributed by atoms with E-state index < -0.39 is 41.3 Å². The number of aromatic nitrogens is 2. The molecule has 1 fully saturated rings. The van der Waals surface area contributed by atoms with Crippen LogP contribution in [0.25, 0.3) is 0 Å². The lowest BCUT2D eigenvalue weighted by Crippen LogP contribution is -2.30. The van der Waals surface area contributed by atoms with E-state index in [2.05, 4.69) is 4.98 Å². The summed E-state index contributed by atoms with van der Waals surface area (Å²) in [7, 11) is 0. The maximum absolute atomic E-state index is 10.7. The van der Waals surface area contributed by atoms with Gasteiger partial charge in [0.25, 0.3) is 0 Å². The molecular weight excluding hydrogens is 254 g/mol. The van der Waals surface area contributed by atoms with Gasteiger partial charge in [-0.1, -0.05) is 4.98 Å². The van der Waals surface area contributed by atoms with Gasteiger partial charge < -0.3 is 25.1 Å². The van der Waals surface area contributed by atoms with E-state index in [4.69, 9.17) is 21.4 Å². The third-order valence-electron chi connectivity index (χ3n) is 2.56. The second-order valence-electron chi connectivity index (χ2n) is 3.57. The van der Waals surface area contributed by atoms with Crippen LogP contribution >= 0.6 is 11.6 Å². The molecule has 4 atom stereocenters. The van der Waals surface area contributed by atoms with Crippen LogP contribution in [0.3, 0.4) is 0 Å². The first-order chi connectivity index (χ1) is 8.06. The number of imidazole rings is 1. The fourth-order valence-corrected chi connectivity index (χ4v) is 2.07. The average Bonchev–Trinajstić information content (AvgIpc) is 2.86. The quantitative estimate of drug-likeness (QED) is 0.438. The average molecular weight is 264 g/mol. The molecule has 17 heavy (non-hydrogen) atoms. The Balaban J connectivity index is 2.29. The summed E-state index contributed by atoms with van der Waals surface area (Å²) < 4.78 is 6.38. The highest BCUT2D eigenvalue weighted by atomic mass is 35.5. The first kappa shape index (κ1) is 12.2. The second-order valence-corrected chi connectivity index (χ2v) is 4.08. The van der Waals surface area contributed by atoms with Gasteiger partial charge in [0, 0.05) is 0 Å². The van der Waals surface area contributed by atoms with Gasteiger partial charge in [0.1, 0.15) is 30.0 Å². The molecule has 8 nitrogen and oxygen atoms in total. The summed E-state index contributed by atoms with van der Waals surface area (Å²) in [5.74, 6) is -0.425. The van der Waals surface area contributed by atoms with Crippen LogP contribution in [0, 0.1) is 10.1 Å². The normalized spacial score (nSPS) is 32.9. The largest absolute Gasteiger partial charge is 0.436 e. The van der Waals surface area contributed by atoms with Crippen LogP contribution in [0.4, 0.5) is 5.95 Å². The number of aliphatic hydroxyl groups excluding tert-OH is 2. The zero-order valence-corrected chi connectivity index (χ0v) is 9.27. The summed E-state index contributed by atoms with van der Waals surface area (Å²) >= 11 is 5.91. The Bertz CT molecular complexity index is 425. The lowest BCUT2D eigenvalue weighted by molar-refractivity contribution is -0.398. The molecule has 1 aromatic rings. The van der Waals surface area contributed by atoms with Gasteiger partial charge in [-0.25, -0.2) is 4.57 Å². The number of alkyl halides is 1. The Kier molecular flexibility index (Phi) is 3.29. The maximum Gasteiger partial charge on any atom is 0.436 e. The zero-order valence-electron chi connectivity index (χ0n) is 8.51. The number of rotatable bonds is 3. The Morgan fingerprint density at radius 3 is 2.94 bits per heavy atom. The summed E-state index contributed by atoms with van der Waals surface area (Å²) in [6, 6.07) is 0. The molecule has 0 amide bonds. The number of ether oxygens (including phenoxy) is 1. The van der Waals surface area contributed by atoms with Crippen LogP contribution in [-0.2, 0) is 4.74 Å². The monoisotopic (exact) mass is 263 g/mol. The molecule has 1 aliphatic rings. The van der Waals surface area contributed by atoms with Crippen molar-refractivity contribution < 1.29 is 19.9 Å². The van der Waals surface area contributed by atoms with Crippen molar-refractivity contribution in [3.63, 3.8) is 0 Å². The molecule has 2 N–H and O–H groups in total. The molecular formula is C8H10ClN3O5. The lowest BCUT2D eigenvalue weighted by Gasteiger charge is -2.12. The van der Waals surface area contributed by atoms with Gasteiger partial charge in [-0.3, -0.25) is 0 Å². The molecule has 2 rings (SSSR count). The topological polar surface area (TPSA) is 111 Å². The molecule has 0 aliphatic carbocycles. The van der Waals surface area contributed by atoms with Gasteiger partial charge in [-0.2, -0.15) is 0 Å². The molecule has 0 spiro atoms. The van der Waals surface area contributed by atoms with Gasteiger partial charge in [-0.05, 0) is 4.92 Å². The Hall–Kier alpha value is -1.22. The minimum absolute atomic E-state index is 0.413. The first-order valence-corrected chi connectivity index (χ1v) is 5.25. The Labute approximate surface area is 101 Å². The van der Waals surface area contributed by atoms with Crippen LogP contribution < -0.4 is 0 Å². The van der Waals surface area contributed by atoms with Crippen molar-refractivity contribution in [3.8, 4) is 0 Å². The van der Waals surface area contributed by atoms with E-state index in [-0.39, 0.29) is 0 Å². The molecule has 0 radical (unpaired) electrons. The Morgan fingerprint density at radius 2 is 2.41 bits per heavy atom. The fraction of sp³-hybridized carbons (Fsp3) is 0.625. The van der Waals surface area contributed by atoms with E-state index >= 15 is 0 Å². The van der Waals surface area contributed by atoms with Crippen molar-refractivity contribution in [2.75, 3.05) is 6.61 Å². The van der Waals surface area contributed by atoms with Crippen LogP contribution in [0.2, 0.25) is 0 Å². The minimum atomic E-state index is -1.09. The van der Waals surface area contributed by atoms with E-state index in [1.54, 1.807) is 0 Å². The molecule has 94 valence electrons. The summed E-state index contributed by atoms with van der Waals surface area (Å²) in [5.41, 5.74) is 0. The summed E-state index contributed by atoms with van der Waals surface area (Å²) in [5, 5.41) is 28.4. The van der Waals surface area contributed by atoms with Crippen molar-refractivity contribution in [1.29, 1.82) is 0 Å². The van der Waals surface area contributed by atoms with Crippen molar-refractivity contribution in [2.45, 2.75) is 23.8 Å². The van der Waals surface area contributed by atoms with Gasteiger partial charge >= 0.3 is 5.95 Å². The van der Waals surface area contributed by atoms with Crippen LogP contribution in [0.1, 0.15) is 6.23 Å². The van der Waals surface area contributed by atoms with Crippen molar-refractivity contribution >= 4 is 17.5 Å². The smallest absolute Gasteiger partial charge is 0.394 e. The third kappa shape index (κ3) is 2.00. The molecule has 9 heteroatoms. The van der Waals surface area contributed by atoms with Crippen LogP contribution in [0.5, 0.6) is 0 Å². The minimum Gasteiger partial charge on any atom is -0.394 e. The van der Waals surface area contributed by atoms with Gasteiger partial charge in [0.05, 0.1) is 6.61 Å². The number of hydrogen-bond donors (Lipinski definition) is 2. The molecule has 1 aliphatic heterocycles. The lowest BCUT2D eigenvalue weighted by atomic mass is 10.2. The molecule has 2 heterocycles. The van der Waals surface area contributed by atoms with Crippen molar-refractivity contribution in [2.24, 2.45) is 0 Å². The summed E-state index contributed by atoms with van der Waals surface area (Å²) in [4.78, 5) is 13.6. The molecule has 0 bridgehead atoms. The molecule has 1 saturated heterocycles. The molecule has 1 unspecified atom stereocenters. The standard InChI is InChI=1S/C8H10ClN3O5/c9-5-6(14)4(3-13)17-7(5)11-2-1-10-8(11)12(15)16/h1-2,4-7,13-14H,3H2/t4-,5-,6-,7?/m1/s1. The fourth-order valence-electron chi connectivity index (χ4n) is 1.72. The first-order valence-electron chi connectivity index (χ1n) is 4.82. The predicted octanol–water partition coefficient (Wildman–Crippen LogP) is -0.351. The number of aliphatic hydroxyl groups is 2. The van der Waals surface area contributed by atoms with E-state index in [9.17, 15) is 15.2 Å². The van der Waals surface area contributed by atoms with Gasteiger partial charge in [-0.15, -0.1) is 11.6 Å². The second kappa shape index (κ2) is 4.57. The number of halogens is 1. The van der Waals surface area contributed by atoms with E-state index in [1.165, 1.54) is 12.4 Å². The maximum atomic E-state index is 10.7. The number of hydrogen-bond acceptors (Lipinski definition) is 6. The van der Waals surface area contributed by atoms with Crippen molar-refractivity contribution in [3.05, 3.63) is 22.5 Å². The van der Waals surface area contributed by atoms with E-state index in [1.807, 2.05) is 0 Å². The Morgan fingerprint density at radius 1 is 1.71 bits per heavy atom. The van der Waals surface area contributed by atoms with E-state index in [0.29, 0.717) is 0 Å². The van der Waals surface area contributed by atoms with Crippen LogP contribution in [-0.4, -0.2) is 48.9 Å². The highest BCUT2D eigenvalue weighted by Crippen LogP contribution is 2.35. The summed E-state index contributed by atoms with van der Waals surface area (Å²) in [6.45, 7) is -0.413. The highest BCUT2D eigenvalue weighted by molar-refractivity contribution is 6.21. The predicted molar refractivity (Wildman–Crippen MR) is 55.5 cm³/mol. The molecule has 0 saturated carbocycles. The van der Waals surface area contributed by atoms with E-state index in [0.717, 1.165) is 4.57 Å². The van der Waals surface area contributed by atoms with Crippen molar-refractivity contribution in [1.82, 2.24) is 9.55 Å². The number of nitro groups is 1.